The molecule has 0 aromatic heterocycles. The highest BCUT2D eigenvalue weighted by Crippen LogP contribution is 2.35. The largest absolute Gasteiger partial charge is 0.459 e. The lowest BCUT2D eigenvalue weighted by molar-refractivity contribution is -0.170. The van der Waals surface area contributed by atoms with E-state index in [1.807, 2.05) is 86.6 Å². The maximum absolute atomic E-state index is 13.1. The molecular weight excluding hydrogens is 302 g/mol. The summed E-state index contributed by atoms with van der Waals surface area (Å²) in [5.41, 5.74) is 0.227. The Balaban J connectivity index is 2.45. The van der Waals surface area contributed by atoms with Crippen LogP contribution in [0.5, 0.6) is 0 Å². The monoisotopic (exact) mass is 327 g/mol. The molecule has 0 spiro atoms. The Hall–Kier alpha value is -2.17. The Morgan fingerprint density at radius 1 is 1.00 bits per heavy atom. The third kappa shape index (κ3) is 3.83. The summed E-state index contributed by atoms with van der Waals surface area (Å²) in [7, 11) is 5.43. The highest BCUT2D eigenvalue weighted by Gasteiger charge is 2.44. The number of ether oxygens (including phenoxy) is 2. The van der Waals surface area contributed by atoms with Crippen LogP contribution in [0.3, 0.4) is 0 Å². The van der Waals surface area contributed by atoms with Crippen molar-refractivity contribution in [2.75, 3.05) is 27.7 Å². The van der Waals surface area contributed by atoms with Gasteiger partial charge in [0, 0.05) is 13.7 Å². The van der Waals surface area contributed by atoms with Gasteiger partial charge < -0.3 is 14.4 Å². The van der Waals surface area contributed by atoms with Gasteiger partial charge in [-0.25, -0.2) is 4.79 Å². The van der Waals surface area contributed by atoms with Crippen molar-refractivity contribution >= 4 is 5.97 Å². The maximum atomic E-state index is 13.1. The normalized spacial score (nSPS) is 12.9. The summed E-state index contributed by atoms with van der Waals surface area (Å²) in [4.78, 5) is 15.1. The minimum Gasteiger partial charge on any atom is -0.459 e. The fourth-order valence-electron chi connectivity index (χ4n) is 2.88. The summed E-state index contributed by atoms with van der Waals surface area (Å²) in [6, 6.07) is 18.9. The van der Waals surface area contributed by atoms with E-state index >= 15 is 0 Å². The smallest absolute Gasteiger partial charge is 0.348 e. The number of carbonyl (C=O) groups excluding carboxylic acids is 1. The van der Waals surface area contributed by atoms with E-state index in [2.05, 4.69) is 0 Å². The molecule has 2 rings (SSSR count). The predicted octanol–water partition coefficient (Wildman–Crippen LogP) is 3.07. The van der Waals surface area contributed by atoms with Gasteiger partial charge in [0.25, 0.3) is 0 Å². The molecule has 0 bridgehead atoms. The van der Waals surface area contributed by atoms with Crippen LogP contribution in [0.2, 0.25) is 0 Å². The van der Waals surface area contributed by atoms with Crippen LogP contribution in [0.4, 0.5) is 0 Å². The number of rotatable bonds is 7. The van der Waals surface area contributed by atoms with E-state index in [1.54, 1.807) is 0 Å². The van der Waals surface area contributed by atoms with E-state index in [-0.39, 0.29) is 6.10 Å². The number of nitrogens with zero attached hydrogens (tertiary/aromatic N) is 1. The molecule has 128 valence electrons. The van der Waals surface area contributed by atoms with Crippen LogP contribution in [-0.2, 0) is 19.9 Å². The van der Waals surface area contributed by atoms with Gasteiger partial charge in [-0.3, -0.25) is 0 Å². The molecule has 0 saturated carbocycles. The first-order valence-electron chi connectivity index (χ1n) is 8.02. The van der Waals surface area contributed by atoms with Crippen molar-refractivity contribution in [3.05, 3.63) is 71.8 Å². The molecule has 0 heterocycles. The summed E-state index contributed by atoms with van der Waals surface area (Å²) < 4.78 is 11.5. The lowest BCUT2D eigenvalue weighted by Gasteiger charge is -2.32. The summed E-state index contributed by atoms with van der Waals surface area (Å²) in [6.07, 6.45) is -0.241. The predicted molar refractivity (Wildman–Crippen MR) is 94.8 cm³/mol. The average Bonchev–Trinajstić information content (AvgIpc) is 2.57. The highest BCUT2D eigenvalue weighted by molar-refractivity contribution is 5.86. The first-order valence-corrected chi connectivity index (χ1v) is 8.02. The number of carbonyl (C=O) groups is 1. The molecule has 0 aliphatic rings. The van der Waals surface area contributed by atoms with Crippen molar-refractivity contribution in [3.63, 3.8) is 0 Å². The van der Waals surface area contributed by atoms with Crippen LogP contribution in [-0.4, -0.2) is 44.7 Å². The Morgan fingerprint density at radius 2 is 1.46 bits per heavy atom. The molecule has 0 fully saturated rings. The van der Waals surface area contributed by atoms with Crippen LogP contribution in [0.15, 0.2) is 60.7 Å². The molecule has 0 amide bonds. The minimum absolute atomic E-state index is 0.241. The zero-order valence-electron chi connectivity index (χ0n) is 14.7. The van der Waals surface area contributed by atoms with E-state index < -0.39 is 11.6 Å². The van der Waals surface area contributed by atoms with E-state index in [1.165, 1.54) is 7.11 Å². The lowest BCUT2D eigenvalue weighted by Crippen LogP contribution is -2.43. The van der Waals surface area contributed by atoms with Crippen molar-refractivity contribution < 1.29 is 14.3 Å². The van der Waals surface area contributed by atoms with Gasteiger partial charge in [-0.2, -0.15) is 0 Å². The molecule has 0 unspecified atom stereocenters. The molecule has 4 nitrogen and oxygen atoms in total. The molecule has 2 aromatic carbocycles. The molecule has 0 N–H and O–H groups in total. The summed E-state index contributed by atoms with van der Waals surface area (Å²) in [5.74, 6) is -0.406. The van der Waals surface area contributed by atoms with Gasteiger partial charge in [-0.15, -0.1) is 0 Å². The second kappa shape index (κ2) is 8.08. The summed E-state index contributed by atoms with van der Waals surface area (Å²) in [6.45, 7) is 2.53. The van der Waals surface area contributed by atoms with Gasteiger partial charge in [0.2, 0.25) is 5.60 Å². The topological polar surface area (TPSA) is 38.8 Å². The molecule has 0 radical (unpaired) electrons. The Kier molecular flexibility index (Phi) is 6.12. The first kappa shape index (κ1) is 18.2. The van der Waals surface area contributed by atoms with E-state index in [9.17, 15) is 4.79 Å². The number of hydrogen-bond acceptors (Lipinski definition) is 4. The Labute approximate surface area is 144 Å². The molecule has 0 saturated heterocycles. The van der Waals surface area contributed by atoms with Crippen molar-refractivity contribution in [3.8, 4) is 0 Å². The molecule has 0 aliphatic carbocycles. The molecule has 2 aromatic rings. The van der Waals surface area contributed by atoms with Gasteiger partial charge in [-0.1, -0.05) is 60.7 Å². The summed E-state index contributed by atoms with van der Waals surface area (Å²) >= 11 is 0. The van der Waals surface area contributed by atoms with Gasteiger partial charge in [-0.05, 0) is 32.1 Å². The number of hydrogen-bond donors (Lipinski definition) is 0. The molecule has 0 aliphatic heterocycles. The number of esters is 1. The van der Waals surface area contributed by atoms with Crippen LogP contribution < -0.4 is 0 Å². The van der Waals surface area contributed by atoms with Crippen molar-refractivity contribution in [1.82, 2.24) is 4.90 Å². The van der Waals surface area contributed by atoms with Crippen LogP contribution in [0, 0.1) is 0 Å². The van der Waals surface area contributed by atoms with E-state index in [4.69, 9.17) is 9.47 Å². The quantitative estimate of drug-likeness (QED) is 0.733. The van der Waals surface area contributed by atoms with Crippen molar-refractivity contribution in [2.45, 2.75) is 18.6 Å². The van der Waals surface area contributed by atoms with E-state index in [0.717, 1.165) is 11.1 Å². The standard InChI is InChI=1S/C20H25NO3/c1-16(15-21(2)3)24-19(22)20(23-4,17-11-7-5-8-12-17)18-13-9-6-10-14-18/h5-14,16H,15H2,1-4H3/t16-/m1/s1. The molecule has 1 atom stereocenters. The third-order valence-electron chi connectivity index (χ3n) is 3.88. The maximum Gasteiger partial charge on any atom is 0.348 e. The number of likely N-dealkylation sites (N-methyl/N-ethyl adjacent to an activating group) is 1. The fraction of sp³-hybridized carbons (Fsp3) is 0.350. The van der Waals surface area contributed by atoms with Gasteiger partial charge >= 0.3 is 5.97 Å². The zero-order chi connectivity index (χ0) is 17.6. The Morgan fingerprint density at radius 3 is 1.83 bits per heavy atom. The van der Waals surface area contributed by atoms with Crippen molar-refractivity contribution in [2.24, 2.45) is 0 Å². The van der Waals surface area contributed by atoms with Crippen LogP contribution in [0.25, 0.3) is 0 Å². The number of benzene rings is 2. The van der Waals surface area contributed by atoms with Crippen LogP contribution >= 0.6 is 0 Å². The van der Waals surface area contributed by atoms with Gasteiger partial charge in [0.15, 0.2) is 0 Å². The first-order chi connectivity index (χ1) is 11.5. The second-order valence-corrected chi connectivity index (χ2v) is 6.10. The minimum atomic E-state index is -1.27. The van der Waals surface area contributed by atoms with Crippen LogP contribution in [0.1, 0.15) is 18.1 Å². The van der Waals surface area contributed by atoms with Crippen molar-refractivity contribution in [1.29, 1.82) is 0 Å². The SMILES string of the molecule is COC(C(=O)O[C@H](C)CN(C)C)(c1ccccc1)c1ccccc1. The second-order valence-electron chi connectivity index (χ2n) is 6.10. The number of methoxy groups -OCH3 is 1. The van der Waals surface area contributed by atoms with E-state index in [0.29, 0.717) is 6.54 Å². The fourth-order valence-corrected chi connectivity index (χ4v) is 2.88. The molecule has 24 heavy (non-hydrogen) atoms. The Bertz CT molecular complexity index is 601. The highest BCUT2D eigenvalue weighted by atomic mass is 16.6. The summed E-state index contributed by atoms with van der Waals surface area (Å²) in [5, 5.41) is 0. The average molecular weight is 327 g/mol. The van der Waals surface area contributed by atoms with Gasteiger partial charge in [0.1, 0.15) is 6.10 Å². The molecule has 4 heteroatoms. The van der Waals surface area contributed by atoms with Gasteiger partial charge in [0.05, 0.1) is 0 Å². The third-order valence-corrected chi connectivity index (χ3v) is 3.88. The zero-order valence-corrected chi connectivity index (χ0v) is 14.7. The lowest BCUT2D eigenvalue weighted by atomic mass is 9.86. The molecular formula is C20H25NO3.